The molecule has 0 unspecified atom stereocenters. The molecule has 11 heavy (non-hydrogen) atoms. The van der Waals surface area contributed by atoms with Crippen LogP contribution in [0.3, 0.4) is 0 Å². The number of rotatable bonds is 2. The Morgan fingerprint density at radius 3 is 2.64 bits per heavy atom. The third kappa shape index (κ3) is 2.10. The van der Waals surface area contributed by atoms with E-state index in [9.17, 15) is 0 Å². The lowest BCUT2D eigenvalue weighted by Gasteiger charge is -2.39. The Hall–Kier alpha value is -0.730. The normalized spacial score (nSPS) is 22.5. The zero-order chi connectivity index (χ0) is 8.32. The first-order chi connectivity index (χ1) is 5.16. The molecule has 0 spiro atoms. The van der Waals surface area contributed by atoms with Gasteiger partial charge in [0.1, 0.15) is 0 Å². The second-order valence-electron chi connectivity index (χ2n) is 3.40. The molecule has 1 aliphatic carbocycles. The van der Waals surface area contributed by atoms with Gasteiger partial charge in [-0.2, -0.15) is 0 Å². The molecule has 1 saturated carbocycles. The van der Waals surface area contributed by atoms with Crippen molar-refractivity contribution in [2.24, 2.45) is 10.7 Å². The van der Waals surface area contributed by atoms with Crippen molar-refractivity contribution in [3.05, 3.63) is 0 Å². The van der Waals surface area contributed by atoms with Crippen molar-refractivity contribution in [2.75, 3.05) is 6.54 Å². The lowest BCUT2D eigenvalue weighted by Crippen LogP contribution is -2.53. The summed E-state index contributed by atoms with van der Waals surface area (Å²) in [5.41, 5.74) is 5.86. The first-order valence-corrected chi connectivity index (χ1v) is 4.24. The number of hydrogen-bond donors (Lipinski definition) is 2. The molecule has 3 nitrogen and oxygen atoms in total. The molecule has 1 fully saturated rings. The van der Waals surface area contributed by atoms with Gasteiger partial charge in [-0.1, -0.05) is 0 Å². The summed E-state index contributed by atoms with van der Waals surface area (Å²) in [6.45, 7) is 4.93. The van der Waals surface area contributed by atoms with Crippen LogP contribution in [0, 0.1) is 0 Å². The minimum absolute atomic E-state index is 0.239. The number of hydrogen-bond acceptors (Lipinski definition) is 1. The molecule has 64 valence electrons. The second kappa shape index (κ2) is 3.11. The van der Waals surface area contributed by atoms with E-state index in [4.69, 9.17) is 5.73 Å². The summed E-state index contributed by atoms with van der Waals surface area (Å²) in [6.07, 6.45) is 3.74. The van der Waals surface area contributed by atoms with E-state index in [1.54, 1.807) is 0 Å². The van der Waals surface area contributed by atoms with Gasteiger partial charge in [-0.15, -0.1) is 0 Å². The van der Waals surface area contributed by atoms with Crippen molar-refractivity contribution in [2.45, 2.75) is 38.6 Å². The quantitative estimate of drug-likeness (QED) is 0.459. The van der Waals surface area contributed by atoms with E-state index >= 15 is 0 Å². The lowest BCUT2D eigenvalue weighted by molar-refractivity contribution is 0.243. The minimum Gasteiger partial charge on any atom is -0.370 e. The van der Waals surface area contributed by atoms with Gasteiger partial charge in [-0.05, 0) is 33.1 Å². The SMILES string of the molecule is CCN=C(N)NC1(C)CCC1. The number of nitrogens with two attached hydrogens (primary N) is 1. The highest BCUT2D eigenvalue weighted by molar-refractivity contribution is 5.78. The smallest absolute Gasteiger partial charge is 0.188 e. The van der Waals surface area contributed by atoms with Crippen molar-refractivity contribution in [1.82, 2.24) is 5.32 Å². The Kier molecular flexibility index (Phi) is 2.37. The van der Waals surface area contributed by atoms with Gasteiger partial charge in [-0.25, -0.2) is 0 Å². The zero-order valence-corrected chi connectivity index (χ0v) is 7.35. The highest BCUT2D eigenvalue weighted by atomic mass is 15.1. The van der Waals surface area contributed by atoms with E-state index < -0.39 is 0 Å². The predicted molar refractivity (Wildman–Crippen MR) is 47.6 cm³/mol. The van der Waals surface area contributed by atoms with Gasteiger partial charge in [0, 0.05) is 12.1 Å². The summed E-state index contributed by atoms with van der Waals surface area (Å²) in [4.78, 5) is 4.07. The van der Waals surface area contributed by atoms with Gasteiger partial charge in [0.25, 0.3) is 0 Å². The van der Waals surface area contributed by atoms with E-state index in [0.717, 1.165) is 6.54 Å². The number of nitrogens with zero attached hydrogens (tertiary/aromatic N) is 1. The van der Waals surface area contributed by atoms with Gasteiger partial charge in [0.15, 0.2) is 5.96 Å². The summed E-state index contributed by atoms with van der Waals surface area (Å²) in [5.74, 6) is 0.592. The maximum absolute atomic E-state index is 5.62. The Labute approximate surface area is 68.1 Å². The molecular weight excluding hydrogens is 138 g/mol. The molecule has 0 aromatic heterocycles. The van der Waals surface area contributed by atoms with Crippen LogP contribution in [-0.2, 0) is 0 Å². The Morgan fingerprint density at radius 2 is 2.27 bits per heavy atom. The highest BCUT2D eigenvalue weighted by Gasteiger charge is 2.31. The molecule has 0 bridgehead atoms. The van der Waals surface area contributed by atoms with Crippen molar-refractivity contribution < 1.29 is 0 Å². The lowest BCUT2D eigenvalue weighted by atomic mass is 9.79. The molecule has 0 heterocycles. The molecule has 1 rings (SSSR count). The number of nitrogens with one attached hydrogen (secondary N) is 1. The van der Waals surface area contributed by atoms with Crippen LogP contribution in [0.2, 0.25) is 0 Å². The van der Waals surface area contributed by atoms with Crippen LogP contribution in [0.4, 0.5) is 0 Å². The number of guanidine groups is 1. The summed E-state index contributed by atoms with van der Waals surface area (Å²) < 4.78 is 0. The molecule has 0 aliphatic heterocycles. The van der Waals surface area contributed by atoms with Crippen molar-refractivity contribution in [3.8, 4) is 0 Å². The molecule has 0 atom stereocenters. The van der Waals surface area contributed by atoms with Crippen molar-refractivity contribution in [1.29, 1.82) is 0 Å². The zero-order valence-electron chi connectivity index (χ0n) is 7.35. The van der Waals surface area contributed by atoms with Crippen LogP contribution in [0.25, 0.3) is 0 Å². The van der Waals surface area contributed by atoms with Crippen LogP contribution in [-0.4, -0.2) is 18.0 Å². The van der Waals surface area contributed by atoms with Gasteiger partial charge >= 0.3 is 0 Å². The highest BCUT2D eigenvalue weighted by Crippen LogP contribution is 2.30. The summed E-state index contributed by atoms with van der Waals surface area (Å²) >= 11 is 0. The molecule has 3 N–H and O–H groups in total. The first kappa shape index (κ1) is 8.37. The van der Waals surface area contributed by atoms with Gasteiger partial charge in [-0.3, -0.25) is 4.99 Å². The van der Waals surface area contributed by atoms with E-state index in [-0.39, 0.29) is 5.54 Å². The fourth-order valence-corrected chi connectivity index (χ4v) is 1.35. The molecule has 0 amide bonds. The second-order valence-corrected chi connectivity index (χ2v) is 3.40. The van der Waals surface area contributed by atoms with E-state index in [0.29, 0.717) is 5.96 Å². The van der Waals surface area contributed by atoms with E-state index in [1.807, 2.05) is 6.92 Å². The summed E-state index contributed by atoms with van der Waals surface area (Å²) in [6, 6.07) is 0. The van der Waals surface area contributed by atoms with Gasteiger partial charge < -0.3 is 11.1 Å². The summed E-state index contributed by atoms with van der Waals surface area (Å²) in [5, 5.41) is 3.22. The van der Waals surface area contributed by atoms with Crippen LogP contribution < -0.4 is 11.1 Å². The minimum atomic E-state index is 0.239. The van der Waals surface area contributed by atoms with Crippen LogP contribution in [0.1, 0.15) is 33.1 Å². The average Bonchev–Trinajstić information content (AvgIpc) is 1.85. The number of aliphatic imine (C=N–C) groups is 1. The van der Waals surface area contributed by atoms with E-state index in [1.165, 1.54) is 19.3 Å². The largest absolute Gasteiger partial charge is 0.370 e. The monoisotopic (exact) mass is 155 g/mol. The van der Waals surface area contributed by atoms with Gasteiger partial charge in [0.05, 0.1) is 0 Å². The molecule has 0 radical (unpaired) electrons. The van der Waals surface area contributed by atoms with Crippen LogP contribution in [0.15, 0.2) is 4.99 Å². The topological polar surface area (TPSA) is 50.4 Å². The first-order valence-electron chi connectivity index (χ1n) is 4.24. The maximum Gasteiger partial charge on any atom is 0.188 e. The third-order valence-corrected chi connectivity index (χ3v) is 2.22. The van der Waals surface area contributed by atoms with Crippen molar-refractivity contribution >= 4 is 5.96 Å². The Balaban J connectivity index is 2.34. The molecule has 0 aromatic carbocycles. The molecule has 0 saturated heterocycles. The van der Waals surface area contributed by atoms with E-state index in [2.05, 4.69) is 17.2 Å². The van der Waals surface area contributed by atoms with Crippen molar-refractivity contribution in [3.63, 3.8) is 0 Å². The molecular formula is C8H17N3. The van der Waals surface area contributed by atoms with Crippen LogP contribution >= 0.6 is 0 Å². The maximum atomic E-state index is 5.62. The standard InChI is InChI=1S/C8H17N3/c1-3-10-7(9)11-8(2)5-4-6-8/h3-6H2,1-2H3,(H3,9,10,11). The Bertz CT molecular complexity index is 159. The summed E-state index contributed by atoms with van der Waals surface area (Å²) in [7, 11) is 0. The Morgan fingerprint density at radius 1 is 1.64 bits per heavy atom. The van der Waals surface area contributed by atoms with Gasteiger partial charge in [0.2, 0.25) is 0 Å². The predicted octanol–water partition coefficient (Wildman–Crippen LogP) is 0.853. The fraction of sp³-hybridized carbons (Fsp3) is 0.875. The molecule has 0 aromatic rings. The molecule has 1 aliphatic rings. The third-order valence-electron chi connectivity index (χ3n) is 2.22. The van der Waals surface area contributed by atoms with Crippen LogP contribution in [0.5, 0.6) is 0 Å². The molecule has 3 heteroatoms. The average molecular weight is 155 g/mol. The fourth-order valence-electron chi connectivity index (χ4n) is 1.35.